The molecule has 2 aliphatic heterocycles. The molecule has 3 rings (SSSR count). The minimum atomic E-state index is -0.0723. The largest absolute Gasteiger partial charge is 0.338 e. The van der Waals surface area contributed by atoms with Gasteiger partial charge in [0, 0.05) is 37.6 Å². The summed E-state index contributed by atoms with van der Waals surface area (Å²) in [5.41, 5.74) is 7.69. The first kappa shape index (κ1) is 20.2. The molecule has 2 heterocycles. The van der Waals surface area contributed by atoms with Crippen molar-refractivity contribution >= 4 is 18.3 Å². The molecule has 0 saturated carbocycles. The van der Waals surface area contributed by atoms with Crippen LogP contribution in [0.5, 0.6) is 0 Å². The van der Waals surface area contributed by atoms with E-state index in [0.717, 1.165) is 38.9 Å². The maximum Gasteiger partial charge on any atom is 0.239 e. The van der Waals surface area contributed by atoms with Gasteiger partial charge in [0.2, 0.25) is 5.91 Å². The van der Waals surface area contributed by atoms with E-state index >= 15 is 0 Å². The number of likely N-dealkylation sites (tertiary alicyclic amines) is 2. The summed E-state index contributed by atoms with van der Waals surface area (Å²) in [6, 6.07) is 10.9. The van der Waals surface area contributed by atoms with Gasteiger partial charge in [-0.1, -0.05) is 37.3 Å². The Bertz CT molecular complexity index is 553. The molecule has 4 atom stereocenters. The Kier molecular flexibility index (Phi) is 7.29. The van der Waals surface area contributed by atoms with E-state index in [0.29, 0.717) is 17.9 Å². The fourth-order valence-corrected chi connectivity index (χ4v) is 4.34. The first-order valence-electron chi connectivity index (χ1n) is 9.46. The highest BCUT2D eigenvalue weighted by molar-refractivity contribution is 5.85. The summed E-state index contributed by atoms with van der Waals surface area (Å²) >= 11 is 0. The third-order valence-corrected chi connectivity index (χ3v) is 5.91. The molecule has 1 amide bonds. The second-order valence-electron chi connectivity index (χ2n) is 7.40. The van der Waals surface area contributed by atoms with Crippen molar-refractivity contribution in [2.45, 2.75) is 63.6 Å². The van der Waals surface area contributed by atoms with E-state index in [1.54, 1.807) is 0 Å². The van der Waals surface area contributed by atoms with E-state index in [-0.39, 0.29) is 24.5 Å². The SMILES string of the molecule is CCC1CCCCN1C(=O)C(C)N1C[C@@H](N)[C@H](c2ccccc2)C1.Cl. The quantitative estimate of drug-likeness (QED) is 0.892. The maximum absolute atomic E-state index is 13.0. The molecule has 2 fully saturated rings. The van der Waals surface area contributed by atoms with Gasteiger partial charge >= 0.3 is 0 Å². The summed E-state index contributed by atoms with van der Waals surface area (Å²) in [7, 11) is 0. The van der Waals surface area contributed by atoms with Crippen molar-refractivity contribution in [1.82, 2.24) is 9.80 Å². The molecule has 0 spiro atoms. The van der Waals surface area contributed by atoms with Crippen molar-refractivity contribution in [1.29, 1.82) is 0 Å². The van der Waals surface area contributed by atoms with Crippen LogP contribution in [0.15, 0.2) is 30.3 Å². The standard InChI is InChI=1S/C20H31N3O.ClH/c1-3-17-11-7-8-12-23(17)20(24)15(2)22-13-18(19(21)14-22)16-9-5-4-6-10-16;/h4-6,9-10,15,17-19H,3,7-8,11-14,21H2,1-2H3;1H/t15?,17?,18-,19+;/m0./s1. The molecular formula is C20H32ClN3O. The lowest BCUT2D eigenvalue weighted by Gasteiger charge is -2.38. The zero-order chi connectivity index (χ0) is 17.1. The lowest BCUT2D eigenvalue weighted by Crippen LogP contribution is -2.52. The second kappa shape index (κ2) is 9.02. The number of amides is 1. The molecule has 2 N–H and O–H groups in total. The fraction of sp³-hybridized carbons (Fsp3) is 0.650. The molecular weight excluding hydrogens is 334 g/mol. The van der Waals surface area contributed by atoms with E-state index < -0.39 is 0 Å². The molecule has 0 aliphatic carbocycles. The van der Waals surface area contributed by atoms with Crippen LogP contribution in [-0.4, -0.2) is 53.5 Å². The lowest BCUT2D eigenvalue weighted by atomic mass is 9.95. The normalized spacial score (nSPS) is 28.4. The number of nitrogens with zero attached hydrogens (tertiary/aromatic N) is 2. The van der Waals surface area contributed by atoms with Crippen LogP contribution in [-0.2, 0) is 4.79 Å². The number of hydrogen-bond acceptors (Lipinski definition) is 3. The minimum Gasteiger partial charge on any atom is -0.338 e. The Morgan fingerprint density at radius 3 is 2.64 bits per heavy atom. The Balaban J connectivity index is 0.00000225. The van der Waals surface area contributed by atoms with Gasteiger partial charge < -0.3 is 10.6 Å². The van der Waals surface area contributed by atoms with Gasteiger partial charge in [-0.25, -0.2) is 0 Å². The molecule has 4 nitrogen and oxygen atoms in total. The van der Waals surface area contributed by atoms with Crippen LogP contribution in [0.1, 0.15) is 51.0 Å². The van der Waals surface area contributed by atoms with Crippen molar-refractivity contribution in [2.75, 3.05) is 19.6 Å². The third-order valence-electron chi connectivity index (χ3n) is 5.91. The molecule has 1 aromatic carbocycles. The van der Waals surface area contributed by atoms with Crippen molar-refractivity contribution in [3.8, 4) is 0 Å². The van der Waals surface area contributed by atoms with Crippen LogP contribution in [0.4, 0.5) is 0 Å². The second-order valence-corrected chi connectivity index (χ2v) is 7.40. The van der Waals surface area contributed by atoms with Gasteiger partial charge in [0.1, 0.15) is 0 Å². The molecule has 0 aromatic heterocycles. The summed E-state index contributed by atoms with van der Waals surface area (Å²) in [5, 5.41) is 0. The van der Waals surface area contributed by atoms with E-state index in [1.165, 1.54) is 12.0 Å². The summed E-state index contributed by atoms with van der Waals surface area (Å²) in [5.74, 6) is 0.618. The number of rotatable bonds is 4. The number of carbonyl (C=O) groups excluding carboxylic acids is 1. The van der Waals surface area contributed by atoms with Crippen LogP contribution >= 0.6 is 12.4 Å². The van der Waals surface area contributed by atoms with Gasteiger partial charge in [-0.15, -0.1) is 12.4 Å². The van der Waals surface area contributed by atoms with E-state index in [4.69, 9.17) is 5.73 Å². The number of halogens is 1. The number of hydrogen-bond donors (Lipinski definition) is 1. The van der Waals surface area contributed by atoms with Crippen molar-refractivity contribution in [2.24, 2.45) is 5.73 Å². The monoisotopic (exact) mass is 365 g/mol. The number of piperidine rings is 1. The highest BCUT2D eigenvalue weighted by Gasteiger charge is 2.38. The molecule has 2 aliphatic rings. The highest BCUT2D eigenvalue weighted by Crippen LogP contribution is 2.29. The highest BCUT2D eigenvalue weighted by atomic mass is 35.5. The molecule has 5 heteroatoms. The van der Waals surface area contributed by atoms with Gasteiger partial charge in [-0.05, 0) is 38.2 Å². The lowest BCUT2D eigenvalue weighted by molar-refractivity contribution is -0.139. The van der Waals surface area contributed by atoms with Gasteiger partial charge in [0.05, 0.1) is 6.04 Å². The van der Waals surface area contributed by atoms with Gasteiger partial charge in [-0.2, -0.15) is 0 Å². The fourth-order valence-electron chi connectivity index (χ4n) is 4.34. The van der Waals surface area contributed by atoms with E-state index in [9.17, 15) is 4.79 Å². The molecule has 2 saturated heterocycles. The van der Waals surface area contributed by atoms with Crippen molar-refractivity contribution in [3.05, 3.63) is 35.9 Å². The maximum atomic E-state index is 13.0. The summed E-state index contributed by atoms with van der Waals surface area (Å²) in [6.45, 7) is 6.85. The Hall–Kier alpha value is -1.10. The molecule has 2 unspecified atom stereocenters. The van der Waals surface area contributed by atoms with Gasteiger partial charge in [0.25, 0.3) is 0 Å². The zero-order valence-corrected chi connectivity index (χ0v) is 16.3. The number of benzene rings is 1. The average Bonchev–Trinajstić information content (AvgIpc) is 3.03. The van der Waals surface area contributed by atoms with Crippen LogP contribution in [0.2, 0.25) is 0 Å². The summed E-state index contributed by atoms with van der Waals surface area (Å²) < 4.78 is 0. The van der Waals surface area contributed by atoms with E-state index in [1.807, 2.05) is 6.07 Å². The van der Waals surface area contributed by atoms with Crippen LogP contribution < -0.4 is 5.73 Å². The average molecular weight is 366 g/mol. The zero-order valence-electron chi connectivity index (χ0n) is 15.4. The predicted molar refractivity (Wildman–Crippen MR) is 105 cm³/mol. The molecule has 25 heavy (non-hydrogen) atoms. The van der Waals surface area contributed by atoms with Crippen LogP contribution in [0, 0.1) is 0 Å². The van der Waals surface area contributed by atoms with E-state index in [2.05, 4.69) is 47.9 Å². The van der Waals surface area contributed by atoms with Crippen molar-refractivity contribution in [3.63, 3.8) is 0 Å². The van der Waals surface area contributed by atoms with Gasteiger partial charge in [-0.3, -0.25) is 9.69 Å². The van der Waals surface area contributed by atoms with Gasteiger partial charge in [0.15, 0.2) is 0 Å². The summed E-state index contributed by atoms with van der Waals surface area (Å²) in [6.07, 6.45) is 4.61. The number of carbonyl (C=O) groups is 1. The molecule has 1 aromatic rings. The smallest absolute Gasteiger partial charge is 0.239 e. The topological polar surface area (TPSA) is 49.6 Å². The number of nitrogens with two attached hydrogens (primary N) is 1. The molecule has 140 valence electrons. The Labute approximate surface area is 158 Å². The Morgan fingerprint density at radius 1 is 1.24 bits per heavy atom. The molecule has 0 bridgehead atoms. The third kappa shape index (κ3) is 4.36. The van der Waals surface area contributed by atoms with Crippen LogP contribution in [0.25, 0.3) is 0 Å². The molecule has 0 radical (unpaired) electrons. The Morgan fingerprint density at radius 2 is 1.96 bits per heavy atom. The predicted octanol–water partition coefficient (Wildman–Crippen LogP) is 3.01. The van der Waals surface area contributed by atoms with Crippen LogP contribution in [0.3, 0.4) is 0 Å². The minimum absolute atomic E-state index is 0. The first-order valence-corrected chi connectivity index (χ1v) is 9.46. The van der Waals surface area contributed by atoms with Crippen molar-refractivity contribution < 1.29 is 4.79 Å². The summed E-state index contributed by atoms with van der Waals surface area (Å²) in [4.78, 5) is 17.5. The first-order chi connectivity index (χ1) is 11.6.